The van der Waals surface area contributed by atoms with Crippen LogP contribution in [0.25, 0.3) is 0 Å². The first-order chi connectivity index (χ1) is 5.05. The van der Waals surface area contributed by atoms with Gasteiger partial charge in [-0.1, -0.05) is 0 Å². The van der Waals surface area contributed by atoms with E-state index >= 15 is 0 Å². The Hall–Kier alpha value is -0.620. The third-order valence-corrected chi connectivity index (χ3v) is 2.90. The Kier molecular flexibility index (Phi) is 2.15. The van der Waals surface area contributed by atoms with Crippen LogP contribution in [0.5, 0.6) is 0 Å². The lowest BCUT2D eigenvalue weighted by molar-refractivity contribution is -0.142. The number of methoxy groups -OCH3 is 1. The van der Waals surface area contributed by atoms with Crippen molar-refractivity contribution in [1.82, 2.24) is 4.72 Å². The average molecular weight is 179 g/mol. The zero-order chi connectivity index (χ0) is 8.48. The normalized spacial score (nSPS) is 28.3. The molecule has 0 aromatic rings. The number of hydrogen-bond acceptors (Lipinski definition) is 4. The second kappa shape index (κ2) is 2.78. The van der Waals surface area contributed by atoms with Gasteiger partial charge in [0.2, 0.25) is 10.0 Å². The van der Waals surface area contributed by atoms with E-state index in [0.29, 0.717) is 6.42 Å². The lowest BCUT2D eigenvalue weighted by Crippen LogP contribution is -2.33. The molecule has 0 aliphatic carbocycles. The first kappa shape index (κ1) is 8.48. The minimum Gasteiger partial charge on any atom is -0.468 e. The maximum atomic E-state index is 10.8. The van der Waals surface area contributed by atoms with Crippen molar-refractivity contribution in [3.8, 4) is 0 Å². The fourth-order valence-corrected chi connectivity index (χ4v) is 2.23. The van der Waals surface area contributed by atoms with E-state index < -0.39 is 22.0 Å². The molecular weight excluding hydrogens is 170 g/mol. The van der Waals surface area contributed by atoms with Gasteiger partial charge in [0.15, 0.2) is 0 Å². The van der Waals surface area contributed by atoms with Crippen molar-refractivity contribution in [3.05, 3.63) is 0 Å². The van der Waals surface area contributed by atoms with Crippen LogP contribution in [0.1, 0.15) is 6.42 Å². The van der Waals surface area contributed by atoms with E-state index in [1.807, 2.05) is 0 Å². The molecule has 1 heterocycles. The largest absolute Gasteiger partial charge is 0.468 e. The third-order valence-electron chi connectivity index (χ3n) is 1.48. The highest BCUT2D eigenvalue weighted by atomic mass is 32.2. The minimum atomic E-state index is -3.20. The summed E-state index contributed by atoms with van der Waals surface area (Å²) in [6.45, 7) is 0. The molecule has 0 aromatic carbocycles. The first-order valence-electron chi connectivity index (χ1n) is 3.13. The molecule has 1 atom stereocenters. The molecule has 6 heteroatoms. The summed E-state index contributed by atoms with van der Waals surface area (Å²) in [4.78, 5) is 10.8. The standard InChI is InChI=1S/C5H9NO4S/c1-10-5(7)4-2-3-11(8,9)6-4/h4,6H,2-3H2,1H3/t4-/m0/s1. The molecule has 1 aliphatic heterocycles. The van der Waals surface area contributed by atoms with Gasteiger partial charge in [0.25, 0.3) is 0 Å². The maximum Gasteiger partial charge on any atom is 0.323 e. The van der Waals surface area contributed by atoms with Crippen molar-refractivity contribution in [2.24, 2.45) is 0 Å². The van der Waals surface area contributed by atoms with Crippen molar-refractivity contribution in [2.75, 3.05) is 12.9 Å². The molecule has 0 amide bonds. The Bertz CT molecular complexity index is 258. The predicted octanol–water partition coefficient (Wildman–Crippen LogP) is -1.15. The quantitative estimate of drug-likeness (QED) is 0.516. The molecule has 0 saturated carbocycles. The SMILES string of the molecule is COC(=O)[C@@H]1CCS(=O)(=O)N1. The summed E-state index contributed by atoms with van der Waals surface area (Å²) in [6, 6.07) is -0.676. The summed E-state index contributed by atoms with van der Waals surface area (Å²) >= 11 is 0. The van der Waals surface area contributed by atoms with Gasteiger partial charge in [0.05, 0.1) is 12.9 Å². The molecule has 1 saturated heterocycles. The fourth-order valence-electron chi connectivity index (χ4n) is 0.916. The zero-order valence-electron chi connectivity index (χ0n) is 6.03. The van der Waals surface area contributed by atoms with Crippen LogP contribution in [-0.2, 0) is 19.6 Å². The highest BCUT2D eigenvalue weighted by Crippen LogP contribution is 2.08. The Morgan fingerprint density at radius 1 is 1.64 bits per heavy atom. The number of esters is 1. The van der Waals surface area contributed by atoms with Gasteiger partial charge in [-0.15, -0.1) is 0 Å². The minimum absolute atomic E-state index is 0.00671. The van der Waals surface area contributed by atoms with Crippen LogP contribution in [0, 0.1) is 0 Å². The number of rotatable bonds is 1. The van der Waals surface area contributed by atoms with E-state index in [4.69, 9.17) is 0 Å². The average Bonchev–Trinajstić information content (AvgIpc) is 2.29. The maximum absolute atomic E-state index is 10.8. The highest BCUT2D eigenvalue weighted by molar-refractivity contribution is 7.89. The van der Waals surface area contributed by atoms with E-state index in [1.54, 1.807) is 0 Å². The number of nitrogens with one attached hydrogen (secondary N) is 1. The Labute approximate surface area is 64.8 Å². The van der Waals surface area contributed by atoms with Crippen LogP contribution >= 0.6 is 0 Å². The van der Waals surface area contributed by atoms with Gasteiger partial charge in [-0.25, -0.2) is 13.1 Å². The fraction of sp³-hybridized carbons (Fsp3) is 0.800. The number of hydrogen-bond donors (Lipinski definition) is 1. The van der Waals surface area contributed by atoms with Gasteiger partial charge in [0.1, 0.15) is 6.04 Å². The van der Waals surface area contributed by atoms with Crippen LogP contribution in [0.3, 0.4) is 0 Å². The van der Waals surface area contributed by atoms with Crippen LogP contribution in [0.4, 0.5) is 0 Å². The monoisotopic (exact) mass is 179 g/mol. The molecule has 1 aliphatic rings. The van der Waals surface area contributed by atoms with E-state index in [2.05, 4.69) is 9.46 Å². The highest BCUT2D eigenvalue weighted by Gasteiger charge is 2.32. The second-order valence-corrected chi connectivity index (χ2v) is 4.17. The summed E-state index contributed by atoms with van der Waals surface area (Å²) in [5, 5.41) is 0. The van der Waals surface area contributed by atoms with Crippen LogP contribution in [0.15, 0.2) is 0 Å². The molecule has 0 unspecified atom stereocenters. The Morgan fingerprint density at radius 2 is 2.27 bits per heavy atom. The second-order valence-electron chi connectivity index (χ2n) is 2.30. The Balaban J connectivity index is 2.62. The topological polar surface area (TPSA) is 72.5 Å². The number of sulfonamides is 1. The molecule has 5 nitrogen and oxygen atoms in total. The molecule has 0 spiro atoms. The van der Waals surface area contributed by atoms with Gasteiger partial charge >= 0.3 is 5.97 Å². The summed E-state index contributed by atoms with van der Waals surface area (Å²) in [6.07, 6.45) is 0.301. The van der Waals surface area contributed by atoms with Crippen molar-refractivity contribution in [1.29, 1.82) is 0 Å². The molecule has 11 heavy (non-hydrogen) atoms. The molecule has 1 fully saturated rings. The van der Waals surface area contributed by atoms with Crippen LogP contribution in [-0.4, -0.2) is 33.3 Å². The van der Waals surface area contributed by atoms with Crippen molar-refractivity contribution >= 4 is 16.0 Å². The Morgan fingerprint density at radius 3 is 2.64 bits per heavy atom. The first-order valence-corrected chi connectivity index (χ1v) is 4.78. The smallest absolute Gasteiger partial charge is 0.323 e. The van der Waals surface area contributed by atoms with Crippen molar-refractivity contribution < 1.29 is 17.9 Å². The third kappa shape index (κ3) is 1.90. The van der Waals surface area contributed by atoms with Gasteiger partial charge in [-0.05, 0) is 6.42 Å². The molecule has 1 N–H and O–H groups in total. The summed E-state index contributed by atoms with van der Waals surface area (Å²) in [5.74, 6) is -0.515. The zero-order valence-corrected chi connectivity index (χ0v) is 6.85. The molecule has 1 rings (SSSR count). The lowest BCUT2D eigenvalue weighted by atomic mass is 10.2. The van der Waals surface area contributed by atoms with Gasteiger partial charge in [-0.3, -0.25) is 4.79 Å². The van der Waals surface area contributed by atoms with Gasteiger partial charge in [0, 0.05) is 0 Å². The summed E-state index contributed by atoms with van der Waals surface area (Å²) < 4.78 is 28.0. The summed E-state index contributed by atoms with van der Waals surface area (Å²) in [5.41, 5.74) is 0. The molecule has 0 radical (unpaired) electrons. The predicted molar refractivity (Wildman–Crippen MR) is 37.3 cm³/mol. The molecular formula is C5H9NO4S. The van der Waals surface area contributed by atoms with Crippen LogP contribution in [0.2, 0.25) is 0 Å². The molecule has 0 bridgehead atoms. The van der Waals surface area contributed by atoms with Gasteiger partial charge < -0.3 is 4.74 Å². The van der Waals surface area contributed by atoms with Crippen LogP contribution < -0.4 is 4.72 Å². The van der Waals surface area contributed by atoms with Crippen molar-refractivity contribution in [2.45, 2.75) is 12.5 Å². The van der Waals surface area contributed by atoms with Crippen molar-refractivity contribution in [3.63, 3.8) is 0 Å². The number of carbonyl (C=O) groups excluding carboxylic acids is 1. The van der Waals surface area contributed by atoms with E-state index in [0.717, 1.165) is 0 Å². The molecule has 0 aromatic heterocycles. The lowest BCUT2D eigenvalue weighted by Gasteiger charge is -2.03. The van der Waals surface area contributed by atoms with Gasteiger partial charge in [-0.2, -0.15) is 0 Å². The summed E-state index contributed by atoms with van der Waals surface area (Å²) in [7, 11) is -1.97. The number of ether oxygens (including phenoxy) is 1. The number of carbonyl (C=O) groups is 1. The molecule has 64 valence electrons. The van der Waals surface area contributed by atoms with E-state index in [9.17, 15) is 13.2 Å². The van der Waals surface area contributed by atoms with E-state index in [1.165, 1.54) is 7.11 Å². The van der Waals surface area contributed by atoms with E-state index in [-0.39, 0.29) is 5.75 Å².